The molecule has 32 heavy (non-hydrogen) atoms. The number of amides is 2. The number of hydrogen-bond donors (Lipinski definition) is 1. The van der Waals surface area contributed by atoms with Crippen LogP contribution in [0.25, 0.3) is 5.57 Å². The van der Waals surface area contributed by atoms with Crippen molar-refractivity contribution in [1.82, 2.24) is 0 Å². The predicted molar refractivity (Wildman–Crippen MR) is 118 cm³/mol. The number of halogens is 2. The molecule has 5 nitrogen and oxygen atoms in total. The van der Waals surface area contributed by atoms with E-state index < -0.39 is 29.1 Å². The second-order valence-corrected chi connectivity index (χ2v) is 7.24. The zero-order valence-corrected chi connectivity index (χ0v) is 17.5. The fourth-order valence-corrected chi connectivity index (χ4v) is 3.46. The van der Waals surface area contributed by atoms with Crippen molar-refractivity contribution < 1.29 is 23.1 Å². The molecule has 3 aromatic rings. The van der Waals surface area contributed by atoms with Gasteiger partial charge in [0.1, 0.15) is 23.1 Å². The van der Waals surface area contributed by atoms with Gasteiger partial charge >= 0.3 is 0 Å². The average Bonchev–Trinajstić information content (AvgIpc) is 3.01. The smallest absolute Gasteiger partial charge is 0.282 e. The molecular weight excluding hydrogens is 414 g/mol. The average molecular weight is 434 g/mol. The van der Waals surface area contributed by atoms with Crippen LogP contribution in [0.1, 0.15) is 18.1 Å². The fourth-order valence-electron chi connectivity index (χ4n) is 3.46. The number of ether oxygens (including phenoxy) is 1. The molecule has 0 fully saturated rings. The summed E-state index contributed by atoms with van der Waals surface area (Å²) in [5.74, 6) is -2.49. The van der Waals surface area contributed by atoms with E-state index in [0.717, 1.165) is 23.8 Å². The van der Waals surface area contributed by atoms with Crippen molar-refractivity contribution in [3.63, 3.8) is 0 Å². The van der Waals surface area contributed by atoms with Crippen LogP contribution in [0.3, 0.4) is 0 Å². The molecule has 0 saturated heterocycles. The van der Waals surface area contributed by atoms with E-state index >= 15 is 0 Å². The molecule has 162 valence electrons. The highest BCUT2D eigenvalue weighted by Crippen LogP contribution is 2.35. The lowest BCUT2D eigenvalue weighted by Gasteiger charge is -2.16. The Bertz CT molecular complexity index is 1220. The summed E-state index contributed by atoms with van der Waals surface area (Å²) in [5, 5.41) is 2.98. The molecule has 0 saturated carbocycles. The van der Waals surface area contributed by atoms with Crippen molar-refractivity contribution in [2.24, 2.45) is 0 Å². The van der Waals surface area contributed by atoms with Gasteiger partial charge in [-0.15, -0.1) is 0 Å². The zero-order valence-electron chi connectivity index (χ0n) is 17.5. The van der Waals surface area contributed by atoms with Gasteiger partial charge in [0.05, 0.1) is 17.9 Å². The van der Waals surface area contributed by atoms with Gasteiger partial charge in [-0.2, -0.15) is 0 Å². The first-order chi connectivity index (χ1) is 15.4. The lowest BCUT2D eigenvalue weighted by atomic mass is 10.0. The number of carbonyl (C=O) groups excluding carboxylic acids is 2. The topological polar surface area (TPSA) is 58.6 Å². The van der Waals surface area contributed by atoms with Crippen molar-refractivity contribution in [1.29, 1.82) is 0 Å². The first kappa shape index (κ1) is 21.2. The summed E-state index contributed by atoms with van der Waals surface area (Å²) in [6.07, 6.45) is 0. The van der Waals surface area contributed by atoms with Crippen LogP contribution in [0, 0.1) is 18.6 Å². The Hall–Kier alpha value is -4.00. The Morgan fingerprint density at radius 3 is 2.25 bits per heavy atom. The third-order valence-electron chi connectivity index (χ3n) is 5.01. The second kappa shape index (κ2) is 8.63. The van der Waals surface area contributed by atoms with Crippen LogP contribution in [0.2, 0.25) is 0 Å². The maximum atomic E-state index is 14.5. The quantitative estimate of drug-likeness (QED) is 0.551. The molecule has 1 aliphatic heterocycles. The lowest BCUT2D eigenvalue weighted by Crippen LogP contribution is -2.33. The van der Waals surface area contributed by atoms with Crippen LogP contribution in [0.15, 0.2) is 72.4 Å². The van der Waals surface area contributed by atoms with Crippen LogP contribution in [0.4, 0.5) is 20.2 Å². The number of benzene rings is 3. The first-order valence-electron chi connectivity index (χ1n) is 10.0. The van der Waals surface area contributed by atoms with Gasteiger partial charge in [0, 0.05) is 11.8 Å². The van der Waals surface area contributed by atoms with Crippen molar-refractivity contribution in [3.8, 4) is 5.75 Å². The van der Waals surface area contributed by atoms with Gasteiger partial charge in [0.2, 0.25) is 0 Å². The van der Waals surface area contributed by atoms with Crippen molar-refractivity contribution >= 4 is 28.8 Å². The molecule has 3 aromatic carbocycles. The number of rotatable bonds is 6. The Kier molecular flexibility index (Phi) is 5.73. The molecule has 0 bridgehead atoms. The summed E-state index contributed by atoms with van der Waals surface area (Å²) in [7, 11) is 0. The van der Waals surface area contributed by atoms with E-state index in [1.807, 2.05) is 13.8 Å². The van der Waals surface area contributed by atoms with Crippen LogP contribution in [0.5, 0.6) is 5.75 Å². The van der Waals surface area contributed by atoms with E-state index in [1.54, 1.807) is 48.5 Å². The summed E-state index contributed by atoms with van der Waals surface area (Å²) in [6, 6.07) is 16.5. The van der Waals surface area contributed by atoms with Crippen molar-refractivity contribution in [2.45, 2.75) is 13.8 Å². The molecule has 2 amide bonds. The van der Waals surface area contributed by atoms with Gasteiger partial charge in [-0.3, -0.25) is 9.59 Å². The zero-order chi connectivity index (χ0) is 22.8. The molecule has 0 atom stereocenters. The maximum absolute atomic E-state index is 14.5. The van der Waals surface area contributed by atoms with Gasteiger partial charge in [-0.1, -0.05) is 29.8 Å². The minimum Gasteiger partial charge on any atom is -0.494 e. The molecule has 0 radical (unpaired) electrons. The monoisotopic (exact) mass is 434 g/mol. The Labute approximate surface area is 183 Å². The molecule has 1 heterocycles. The molecule has 1 N–H and O–H groups in total. The molecular formula is C25H20F2N2O3. The Balaban J connectivity index is 1.79. The summed E-state index contributed by atoms with van der Waals surface area (Å²) in [5.41, 5.74) is 1.62. The SMILES string of the molecule is CCOc1ccc(NC2=C(c3ccc(C)cc3)C(=O)N(c3cc(F)ccc3F)C2=O)cc1. The predicted octanol–water partition coefficient (Wildman–Crippen LogP) is 5.07. The number of hydrogen-bond acceptors (Lipinski definition) is 4. The highest BCUT2D eigenvalue weighted by atomic mass is 19.1. The Morgan fingerprint density at radius 1 is 0.906 bits per heavy atom. The molecule has 0 spiro atoms. The third kappa shape index (κ3) is 3.97. The minimum atomic E-state index is -0.876. The standard InChI is InChI=1S/C25H20F2N2O3/c1-3-32-19-11-9-18(10-12-19)28-23-22(16-6-4-15(2)5-7-16)24(30)29(25(23)31)21-14-17(26)8-13-20(21)27/h4-14,28H,3H2,1-2H3. The third-order valence-corrected chi connectivity index (χ3v) is 5.01. The molecule has 0 aliphatic carbocycles. The van der Waals surface area contributed by atoms with E-state index in [1.165, 1.54) is 0 Å². The fraction of sp³-hybridized carbons (Fsp3) is 0.120. The number of aryl methyl sites for hydroxylation is 1. The maximum Gasteiger partial charge on any atom is 0.282 e. The summed E-state index contributed by atoms with van der Waals surface area (Å²) in [4.78, 5) is 27.2. The number of nitrogens with one attached hydrogen (secondary N) is 1. The van der Waals surface area contributed by atoms with E-state index in [9.17, 15) is 18.4 Å². The van der Waals surface area contributed by atoms with E-state index in [4.69, 9.17) is 4.74 Å². The highest BCUT2D eigenvalue weighted by molar-refractivity contribution is 6.46. The minimum absolute atomic E-state index is 0.0216. The number of carbonyl (C=O) groups is 2. The highest BCUT2D eigenvalue weighted by Gasteiger charge is 2.41. The number of imide groups is 1. The van der Waals surface area contributed by atoms with Gasteiger partial charge < -0.3 is 10.1 Å². The molecule has 1 aliphatic rings. The summed E-state index contributed by atoms with van der Waals surface area (Å²) >= 11 is 0. The van der Waals surface area contributed by atoms with Gasteiger partial charge in [0.25, 0.3) is 11.8 Å². The first-order valence-corrected chi connectivity index (χ1v) is 10.0. The van der Waals surface area contributed by atoms with E-state index in [2.05, 4.69) is 5.32 Å². The largest absolute Gasteiger partial charge is 0.494 e. The van der Waals surface area contributed by atoms with E-state index in [0.29, 0.717) is 28.5 Å². The van der Waals surface area contributed by atoms with Crippen LogP contribution in [-0.4, -0.2) is 18.4 Å². The van der Waals surface area contributed by atoms with Gasteiger partial charge in [-0.05, 0) is 55.8 Å². The Morgan fingerprint density at radius 2 is 1.59 bits per heavy atom. The van der Waals surface area contributed by atoms with Crippen molar-refractivity contribution in [2.75, 3.05) is 16.8 Å². The van der Waals surface area contributed by atoms with Crippen LogP contribution >= 0.6 is 0 Å². The van der Waals surface area contributed by atoms with Gasteiger partial charge in [-0.25, -0.2) is 13.7 Å². The summed E-state index contributed by atoms with van der Waals surface area (Å²) < 4.78 is 33.7. The van der Waals surface area contributed by atoms with Crippen LogP contribution < -0.4 is 15.0 Å². The molecule has 7 heteroatoms. The second-order valence-electron chi connectivity index (χ2n) is 7.24. The van der Waals surface area contributed by atoms with Crippen molar-refractivity contribution in [3.05, 3.63) is 95.2 Å². The van der Waals surface area contributed by atoms with Crippen LogP contribution in [-0.2, 0) is 9.59 Å². The normalized spacial score (nSPS) is 13.7. The molecule has 0 unspecified atom stereocenters. The summed E-state index contributed by atoms with van der Waals surface area (Å²) in [6.45, 7) is 4.28. The molecule has 0 aromatic heterocycles. The van der Waals surface area contributed by atoms with E-state index in [-0.39, 0.29) is 11.3 Å². The molecule has 4 rings (SSSR count). The lowest BCUT2D eigenvalue weighted by molar-refractivity contribution is -0.120. The van der Waals surface area contributed by atoms with Gasteiger partial charge in [0.15, 0.2) is 0 Å². The number of anilines is 2. The number of nitrogens with zero attached hydrogens (tertiary/aromatic N) is 1.